The van der Waals surface area contributed by atoms with Gasteiger partial charge in [0.2, 0.25) is 0 Å². The van der Waals surface area contributed by atoms with Gasteiger partial charge in [-0.05, 0) is 15.1 Å². The molecule has 10 heavy (non-hydrogen) atoms. The smallest absolute Gasteiger partial charge is 0.0783 e. The molecule has 50 valence electrons. The number of fused-ring (bicyclic) bond motifs is 1. The molecule has 2 aromatic rings. The third-order valence-electron chi connectivity index (χ3n) is 1.17. The first-order chi connectivity index (χ1) is 4.86. The summed E-state index contributed by atoms with van der Waals surface area (Å²) in [5, 5.41) is 0. The van der Waals surface area contributed by atoms with Crippen LogP contribution in [0.4, 0.5) is 0 Å². The van der Waals surface area contributed by atoms with Crippen molar-refractivity contribution in [3.05, 3.63) is 18.5 Å². The average molecular weight is 167 g/mol. The Bertz CT molecular complexity index is 322. The van der Waals surface area contributed by atoms with E-state index in [2.05, 4.69) is 9.97 Å². The van der Waals surface area contributed by atoms with Crippen LogP contribution in [0.5, 0.6) is 0 Å². The van der Waals surface area contributed by atoms with E-state index in [1.165, 1.54) is 11.3 Å². The second kappa shape index (κ2) is 2.14. The van der Waals surface area contributed by atoms with Crippen LogP contribution in [0, 0.1) is 0 Å². The van der Waals surface area contributed by atoms with Crippen LogP contribution in [0.3, 0.4) is 0 Å². The van der Waals surface area contributed by atoms with E-state index in [0.29, 0.717) is 4.34 Å². The predicted molar refractivity (Wildman–Crippen MR) is 43.0 cm³/mol. The SMILES string of the molecule is [S-]c1nc2cnccc2s1. The largest absolute Gasteiger partial charge is 0.408 e. The van der Waals surface area contributed by atoms with Gasteiger partial charge in [-0.25, -0.2) is 0 Å². The van der Waals surface area contributed by atoms with Crippen molar-refractivity contribution in [1.82, 2.24) is 9.97 Å². The molecule has 2 heterocycles. The minimum Gasteiger partial charge on any atom is -0.408 e. The van der Waals surface area contributed by atoms with Crippen LogP contribution in [-0.4, -0.2) is 9.97 Å². The molecule has 0 aliphatic heterocycles. The average Bonchev–Trinajstić information content (AvgIpc) is 2.27. The van der Waals surface area contributed by atoms with Gasteiger partial charge in [-0.15, -0.1) is 0 Å². The summed E-state index contributed by atoms with van der Waals surface area (Å²) in [6.07, 6.45) is 3.47. The normalized spacial score (nSPS) is 10.4. The monoisotopic (exact) mass is 167 g/mol. The summed E-state index contributed by atoms with van der Waals surface area (Å²) in [6, 6.07) is 1.92. The number of rotatable bonds is 0. The molecule has 0 fully saturated rings. The molecule has 2 rings (SSSR count). The Morgan fingerprint density at radius 3 is 3.20 bits per heavy atom. The Labute approximate surface area is 67.3 Å². The molecular weight excluding hydrogens is 164 g/mol. The van der Waals surface area contributed by atoms with Crippen LogP contribution in [0.1, 0.15) is 0 Å². The highest BCUT2D eigenvalue weighted by atomic mass is 32.2. The van der Waals surface area contributed by atoms with Gasteiger partial charge in [0.1, 0.15) is 0 Å². The maximum Gasteiger partial charge on any atom is 0.0783 e. The molecule has 2 nitrogen and oxygen atoms in total. The first-order valence-corrected chi connectivity index (χ1v) is 3.96. The van der Waals surface area contributed by atoms with Crippen molar-refractivity contribution < 1.29 is 0 Å². The van der Waals surface area contributed by atoms with Crippen LogP contribution in [0.2, 0.25) is 0 Å². The second-order valence-electron chi connectivity index (χ2n) is 1.82. The molecular formula is C6H3N2S2-. The van der Waals surface area contributed by atoms with Crippen molar-refractivity contribution in [2.45, 2.75) is 4.34 Å². The van der Waals surface area contributed by atoms with E-state index >= 15 is 0 Å². The zero-order valence-electron chi connectivity index (χ0n) is 4.94. The highest BCUT2D eigenvalue weighted by Crippen LogP contribution is 2.19. The Balaban J connectivity index is 2.88. The molecule has 0 bridgehead atoms. The van der Waals surface area contributed by atoms with Gasteiger partial charge in [0.25, 0.3) is 0 Å². The van der Waals surface area contributed by atoms with Crippen LogP contribution >= 0.6 is 11.3 Å². The van der Waals surface area contributed by atoms with Crippen LogP contribution in [-0.2, 0) is 12.6 Å². The maximum absolute atomic E-state index is 4.89. The fourth-order valence-corrected chi connectivity index (χ4v) is 1.79. The van der Waals surface area contributed by atoms with Gasteiger partial charge in [-0.1, -0.05) is 0 Å². The van der Waals surface area contributed by atoms with Gasteiger partial charge in [0.15, 0.2) is 0 Å². The van der Waals surface area contributed by atoms with Gasteiger partial charge in [-0.2, -0.15) is 0 Å². The molecule has 0 N–H and O–H groups in total. The molecule has 2 aromatic heterocycles. The summed E-state index contributed by atoms with van der Waals surface area (Å²) in [7, 11) is 0. The maximum atomic E-state index is 4.89. The highest BCUT2D eigenvalue weighted by Gasteiger charge is 1.88. The van der Waals surface area contributed by atoms with E-state index < -0.39 is 0 Å². The zero-order chi connectivity index (χ0) is 6.97. The van der Waals surface area contributed by atoms with Crippen molar-refractivity contribution in [2.24, 2.45) is 0 Å². The quantitative estimate of drug-likeness (QED) is 0.557. The summed E-state index contributed by atoms with van der Waals surface area (Å²) >= 11 is 6.41. The summed E-state index contributed by atoms with van der Waals surface area (Å²) in [6.45, 7) is 0. The summed E-state index contributed by atoms with van der Waals surface area (Å²) in [5.41, 5.74) is 0.900. The Morgan fingerprint density at radius 1 is 1.50 bits per heavy atom. The van der Waals surface area contributed by atoms with E-state index in [1.54, 1.807) is 12.4 Å². The summed E-state index contributed by atoms with van der Waals surface area (Å²) < 4.78 is 1.79. The third-order valence-corrected chi connectivity index (χ3v) is 2.34. The van der Waals surface area contributed by atoms with Crippen molar-refractivity contribution in [2.75, 3.05) is 0 Å². The Hall–Kier alpha value is -0.740. The number of hydrogen-bond donors (Lipinski definition) is 0. The van der Waals surface area contributed by atoms with E-state index in [4.69, 9.17) is 12.6 Å². The summed E-state index contributed by atoms with van der Waals surface area (Å²) in [4.78, 5) is 8.01. The van der Waals surface area contributed by atoms with Crippen molar-refractivity contribution in [1.29, 1.82) is 0 Å². The van der Waals surface area contributed by atoms with E-state index in [0.717, 1.165) is 10.2 Å². The molecule has 0 unspecified atom stereocenters. The fourth-order valence-electron chi connectivity index (χ4n) is 0.759. The van der Waals surface area contributed by atoms with E-state index in [9.17, 15) is 0 Å². The lowest BCUT2D eigenvalue weighted by atomic mass is 10.5. The van der Waals surface area contributed by atoms with E-state index in [-0.39, 0.29) is 0 Å². The third kappa shape index (κ3) is 0.853. The minimum absolute atomic E-state index is 0.683. The number of nitrogens with zero attached hydrogens (tertiary/aromatic N) is 2. The molecule has 0 aliphatic rings. The molecule has 0 spiro atoms. The number of aromatic nitrogens is 2. The summed E-state index contributed by atoms with van der Waals surface area (Å²) in [5.74, 6) is 0. The minimum atomic E-state index is 0.683. The van der Waals surface area contributed by atoms with Crippen LogP contribution in [0.25, 0.3) is 10.2 Å². The van der Waals surface area contributed by atoms with Gasteiger partial charge in [-0.3, -0.25) is 9.97 Å². The molecule has 0 radical (unpaired) electrons. The molecule has 4 heteroatoms. The topological polar surface area (TPSA) is 25.8 Å². The standard InChI is InChI=1S/C6H4N2S2/c9-6-8-4-3-7-2-1-5(4)10-6/h1-3H,(H,8,9)/p-1. The van der Waals surface area contributed by atoms with Crippen LogP contribution < -0.4 is 0 Å². The van der Waals surface area contributed by atoms with Gasteiger partial charge < -0.3 is 24.0 Å². The highest BCUT2D eigenvalue weighted by molar-refractivity contribution is 7.63. The van der Waals surface area contributed by atoms with Gasteiger partial charge in [0, 0.05) is 6.20 Å². The second-order valence-corrected chi connectivity index (χ2v) is 3.50. The lowest BCUT2D eigenvalue weighted by Gasteiger charge is -1.85. The number of hydrogen-bond acceptors (Lipinski definition) is 4. The molecule has 0 saturated heterocycles. The van der Waals surface area contributed by atoms with Gasteiger partial charge >= 0.3 is 0 Å². The van der Waals surface area contributed by atoms with Crippen LogP contribution in [0.15, 0.2) is 22.8 Å². The Morgan fingerprint density at radius 2 is 2.40 bits per heavy atom. The molecule has 0 amide bonds. The van der Waals surface area contributed by atoms with Gasteiger partial charge in [0.05, 0.1) is 11.7 Å². The van der Waals surface area contributed by atoms with Crippen molar-refractivity contribution in [3.63, 3.8) is 0 Å². The molecule has 0 aromatic carbocycles. The zero-order valence-corrected chi connectivity index (χ0v) is 6.58. The van der Waals surface area contributed by atoms with E-state index in [1.807, 2.05) is 6.07 Å². The lowest BCUT2D eigenvalue weighted by Crippen LogP contribution is -1.69. The van der Waals surface area contributed by atoms with Crippen molar-refractivity contribution in [3.8, 4) is 0 Å². The van der Waals surface area contributed by atoms with Crippen molar-refractivity contribution >= 4 is 34.2 Å². The molecule has 0 aliphatic carbocycles. The number of pyridine rings is 1. The molecule has 0 atom stereocenters. The Kier molecular flexibility index (Phi) is 1.28. The fraction of sp³-hybridized carbons (Fsp3) is 0. The predicted octanol–water partition coefficient (Wildman–Crippen LogP) is 1.60. The first-order valence-electron chi connectivity index (χ1n) is 2.74. The first kappa shape index (κ1) is 6.00. The molecule has 0 saturated carbocycles. The lowest BCUT2D eigenvalue weighted by molar-refractivity contribution is 1.27. The number of thiazole rings is 1.